The molecule has 0 saturated carbocycles. The van der Waals surface area contributed by atoms with Crippen LogP contribution in [0.1, 0.15) is 0 Å². The van der Waals surface area contributed by atoms with Gasteiger partial charge in [0.2, 0.25) is 0 Å². The van der Waals surface area contributed by atoms with Crippen molar-refractivity contribution >= 4 is 5.82 Å². The number of hydrogen-bond donors (Lipinski definition) is 2. The van der Waals surface area contributed by atoms with Gasteiger partial charge in [-0.1, -0.05) is 0 Å². The Morgan fingerprint density at radius 1 is 1.05 bits per heavy atom. The quantitative estimate of drug-likeness (QED) is 0.885. The first-order valence-electron chi connectivity index (χ1n) is 5.99. The second kappa shape index (κ2) is 4.89. The Hall–Kier alpha value is -2.08. The van der Waals surface area contributed by atoms with E-state index in [1.165, 1.54) is 6.07 Å². The van der Waals surface area contributed by atoms with E-state index in [4.69, 9.17) is 0 Å². The van der Waals surface area contributed by atoms with Crippen LogP contribution < -0.4 is 10.6 Å². The molecule has 2 aromatic rings. The molecule has 0 bridgehead atoms. The average Bonchev–Trinajstić information content (AvgIpc) is 2.38. The summed E-state index contributed by atoms with van der Waals surface area (Å²) in [6.45, 7) is 1.82. The van der Waals surface area contributed by atoms with Crippen LogP contribution in [0.4, 0.5) is 14.6 Å². The van der Waals surface area contributed by atoms with E-state index >= 15 is 0 Å². The van der Waals surface area contributed by atoms with Gasteiger partial charge < -0.3 is 10.6 Å². The van der Waals surface area contributed by atoms with Crippen LogP contribution in [0.2, 0.25) is 0 Å². The second-order valence-corrected chi connectivity index (χ2v) is 4.43. The standard InChI is InChI=1S/C13H12F2N4/c14-10-2-1-8(5-11(10)15)12-3-4-13(19-18-12)17-9-6-16-7-9/h1-5,9,16H,6-7H2,(H,17,19). The number of anilines is 1. The molecule has 4 nitrogen and oxygen atoms in total. The van der Waals surface area contributed by atoms with Gasteiger partial charge in [0.1, 0.15) is 5.82 Å². The monoisotopic (exact) mass is 262 g/mol. The van der Waals surface area contributed by atoms with E-state index in [-0.39, 0.29) is 0 Å². The predicted octanol–water partition coefficient (Wildman–Crippen LogP) is 1.81. The van der Waals surface area contributed by atoms with Crippen LogP contribution in [0.25, 0.3) is 11.3 Å². The van der Waals surface area contributed by atoms with Crippen LogP contribution in [0, 0.1) is 11.6 Å². The van der Waals surface area contributed by atoms with Crippen molar-refractivity contribution in [1.29, 1.82) is 0 Å². The highest BCUT2D eigenvalue weighted by Gasteiger charge is 2.16. The van der Waals surface area contributed by atoms with Gasteiger partial charge in [0.05, 0.1) is 11.7 Å². The fraction of sp³-hybridized carbons (Fsp3) is 0.231. The van der Waals surface area contributed by atoms with Crippen LogP contribution in [0.5, 0.6) is 0 Å². The minimum absolute atomic E-state index is 0.378. The zero-order valence-corrected chi connectivity index (χ0v) is 10.0. The summed E-state index contributed by atoms with van der Waals surface area (Å²) < 4.78 is 26.0. The van der Waals surface area contributed by atoms with E-state index in [1.807, 2.05) is 0 Å². The van der Waals surface area contributed by atoms with E-state index < -0.39 is 11.6 Å². The topological polar surface area (TPSA) is 49.8 Å². The summed E-state index contributed by atoms with van der Waals surface area (Å²) in [4.78, 5) is 0. The summed E-state index contributed by atoms with van der Waals surface area (Å²) in [6.07, 6.45) is 0. The minimum atomic E-state index is -0.887. The Morgan fingerprint density at radius 2 is 1.89 bits per heavy atom. The summed E-state index contributed by atoms with van der Waals surface area (Å²) in [6, 6.07) is 7.56. The third-order valence-electron chi connectivity index (χ3n) is 3.01. The van der Waals surface area contributed by atoms with E-state index in [0.29, 0.717) is 23.1 Å². The van der Waals surface area contributed by atoms with Crippen molar-refractivity contribution < 1.29 is 8.78 Å². The maximum absolute atomic E-state index is 13.1. The Balaban J connectivity index is 1.78. The number of nitrogens with zero attached hydrogens (tertiary/aromatic N) is 2. The Labute approximate surface area is 108 Å². The lowest BCUT2D eigenvalue weighted by atomic mass is 10.1. The van der Waals surface area contributed by atoms with E-state index in [9.17, 15) is 8.78 Å². The van der Waals surface area contributed by atoms with Gasteiger partial charge in [-0.2, -0.15) is 0 Å². The highest BCUT2D eigenvalue weighted by atomic mass is 19.2. The molecule has 1 fully saturated rings. The van der Waals surface area contributed by atoms with E-state index in [1.54, 1.807) is 12.1 Å². The minimum Gasteiger partial charge on any atom is -0.363 e. The fourth-order valence-corrected chi connectivity index (χ4v) is 1.82. The molecule has 0 amide bonds. The third kappa shape index (κ3) is 2.53. The van der Waals surface area contributed by atoms with Crippen LogP contribution >= 0.6 is 0 Å². The summed E-state index contributed by atoms with van der Waals surface area (Å²) >= 11 is 0. The van der Waals surface area contributed by atoms with Crippen LogP contribution in [-0.4, -0.2) is 29.3 Å². The molecule has 1 aliphatic heterocycles. The van der Waals surface area contributed by atoms with Gasteiger partial charge in [-0.05, 0) is 30.3 Å². The van der Waals surface area contributed by atoms with Crippen molar-refractivity contribution in [3.63, 3.8) is 0 Å². The molecular formula is C13H12F2N4. The smallest absolute Gasteiger partial charge is 0.159 e. The molecule has 6 heteroatoms. The molecule has 1 aromatic carbocycles. The summed E-state index contributed by atoms with van der Waals surface area (Å²) in [5.41, 5.74) is 1.01. The number of rotatable bonds is 3. The van der Waals surface area contributed by atoms with Crippen LogP contribution in [0.3, 0.4) is 0 Å². The molecule has 2 heterocycles. The molecule has 1 saturated heterocycles. The average molecular weight is 262 g/mol. The maximum Gasteiger partial charge on any atom is 0.159 e. The zero-order valence-electron chi connectivity index (χ0n) is 10.0. The van der Waals surface area contributed by atoms with Gasteiger partial charge in [0, 0.05) is 18.7 Å². The summed E-state index contributed by atoms with van der Waals surface area (Å²) in [5, 5.41) is 14.4. The molecule has 2 N–H and O–H groups in total. The van der Waals surface area contributed by atoms with Gasteiger partial charge in [0.25, 0.3) is 0 Å². The first-order valence-corrected chi connectivity index (χ1v) is 5.99. The van der Waals surface area contributed by atoms with Crippen LogP contribution in [-0.2, 0) is 0 Å². The number of halogens is 2. The second-order valence-electron chi connectivity index (χ2n) is 4.43. The number of nitrogens with one attached hydrogen (secondary N) is 2. The molecule has 0 unspecified atom stereocenters. The van der Waals surface area contributed by atoms with Crippen molar-refractivity contribution in [3.8, 4) is 11.3 Å². The van der Waals surface area contributed by atoms with Gasteiger partial charge >= 0.3 is 0 Å². The molecular weight excluding hydrogens is 250 g/mol. The largest absolute Gasteiger partial charge is 0.363 e. The van der Waals surface area contributed by atoms with Gasteiger partial charge in [-0.15, -0.1) is 10.2 Å². The molecule has 1 aliphatic rings. The van der Waals surface area contributed by atoms with Crippen molar-refractivity contribution in [2.45, 2.75) is 6.04 Å². The molecule has 19 heavy (non-hydrogen) atoms. The van der Waals surface area contributed by atoms with Crippen molar-refractivity contribution in [1.82, 2.24) is 15.5 Å². The lowest BCUT2D eigenvalue weighted by Gasteiger charge is -2.28. The maximum atomic E-state index is 13.1. The van der Waals surface area contributed by atoms with Crippen molar-refractivity contribution in [2.24, 2.45) is 0 Å². The SMILES string of the molecule is Fc1ccc(-c2ccc(NC3CNC3)nn2)cc1F. The number of hydrogen-bond acceptors (Lipinski definition) is 4. The third-order valence-corrected chi connectivity index (χ3v) is 3.01. The highest BCUT2D eigenvalue weighted by molar-refractivity contribution is 5.59. The molecule has 0 spiro atoms. The number of aromatic nitrogens is 2. The van der Waals surface area contributed by atoms with Crippen molar-refractivity contribution in [2.75, 3.05) is 18.4 Å². The fourth-order valence-electron chi connectivity index (χ4n) is 1.82. The lowest BCUT2D eigenvalue weighted by Crippen LogP contribution is -2.51. The Kier molecular flexibility index (Phi) is 3.08. The van der Waals surface area contributed by atoms with Crippen LogP contribution in [0.15, 0.2) is 30.3 Å². The molecule has 0 radical (unpaired) electrons. The van der Waals surface area contributed by atoms with Crippen molar-refractivity contribution in [3.05, 3.63) is 42.0 Å². The van der Waals surface area contributed by atoms with E-state index in [0.717, 1.165) is 25.2 Å². The molecule has 0 atom stereocenters. The molecule has 0 aliphatic carbocycles. The Morgan fingerprint density at radius 3 is 2.47 bits per heavy atom. The number of benzene rings is 1. The molecule has 3 rings (SSSR count). The lowest BCUT2D eigenvalue weighted by molar-refractivity contribution is 0.470. The Bertz CT molecular complexity index is 582. The predicted molar refractivity (Wildman–Crippen MR) is 67.7 cm³/mol. The first-order chi connectivity index (χ1) is 9.22. The van der Waals surface area contributed by atoms with Gasteiger partial charge in [-0.25, -0.2) is 8.78 Å². The molecule has 98 valence electrons. The first kappa shape index (κ1) is 12.0. The van der Waals surface area contributed by atoms with E-state index in [2.05, 4.69) is 20.8 Å². The highest BCUT2D eigenvalue weighted by Crippen LogP contribution is 2.20. The zero-order chi connectivity index (χ0) is 13.2. The molecule has 1 aromatic heterocycles. The summed E-state index contributed by atoms with van der Waals surface area (Å²) in [5.74, 6) is -1.08. The normalized spacial score (nSPS) is 15.1. The van der Waals surface area contributed by atoms with Gasteiger partial charge in [0.15, 0.2) is 11.6 Å². The van der Waals surface area contributed by atoms with Gasteiger partial charge in [-0.3, -0.25) is 0 Å². The summed E-state index contributed by atoms with van der Waals surface area (Å²) in [7, 11) is 0.